The van der Waals surface area contributed by atoms with Gasteiger partial charge in [0.25, 0.3) is 0 Å². The van der Waals surface area contributed by atoms with E-state index in [1.807, 2.05) is 32.0 Å². The lowest BCUT2D eigenvalue weighted by Crippen LogP contribution is -2.21. The van der Waals surface area contributed by atoms with Gasteiger partial charge in [-0.05, 0) is 26.3 Å². The lowest BCUT2D eigenvalue weighted by atomic mass is 9.95. The summed E-state index contributed by atoms with van der Waals surface area (Å²) in [6.07, 6.45) is 7.74. The molecule has 3 heteroatoms. The second-order valence-electron chi connectivity index (χ2n) is 5.88. The van der Waals surface area contributed by atoms with Crippen LogP contribution in [-0.4, -0.2) is 24.9 Å². The molecule has 0 aliphatic carbocycles. The summed E-state index contributed by atoms with van der Waals surface area (Å²) in [6.45, 7) is 8.52. The third kappa shape index (κ3) is 2.98. The highest BCUT2D eigenvalue weighted by Crippen LogP contribution is 2.37. The van der Waals surface area contributed by atoms with Gasteiger partial charge in [0.2, 0.25) is 0 Å². The third-order valence-corrected chi connectivity index (χ3v) is 3.88. The Hall–Kier alpha value is -1.74. The van der Waals surface area contributed by atoms with Crippen LogP contribution < -0.4 is 9.47 Å². The number of fused-ring (bicyclic) bond motifs is 2. The molecule has 0 aromatic heterocycles. The van der Waals surface area contributed by atoms with Gasteiger partial charge in [0.05, 0.1) is 24.9 Å². The molecule has 3 nitrogen and oxygen atoms in total. The zero-order valence-corrected chi connectivity index (χ0v) is 12.6. The number of benzene rings is 1. The fraction of sp³-hybridized carbons (Fsp3) is 0.444. The first kappa shape index (κ1) is 14.2. The summed E-state index contributed by atoms with van der Waals surface area (Å²) in [5.74, 6) is 1.99. The average molecular weight is 286 g/mol. The first-order valence-corrected chi connectivity index (χ1v) is 7.56. The van der Waals surface area contributed by atoms with Crippen LogP contribution >= 0.6 is 0 Å². The SMILES string of the molecule is C=Cc1cccc(OCC2CC3C=CC2O3)c1OC(C)C. The normalized spacial score (nSPS) is 26.3. The van der Waals surface area contributed by atoms with Gasteiger partial charge in [-0.15, -0.1) is 0 Å². The summed E-state index contributed by atoms with van der Waals surface area (Å²) >= 11 is 0. The Bertz CT molecular complexity index is 547. The van der Waals surface area contributed by atoms with Crippen molar-refractivity contribution in [3.63, 3.8) is 0 Å². The third-order valence-electron chi connectivity index (χ3n) is 3.88. The Morgan fingerprint density at radius 3 is 2.86 bits per heavy atom. The van der Waals surface area contributed by atoms with Crippen LogP contribution in [0.5, 0.6) is 11.5 Å². The van der Waals surface area contributed by atoms with Crippen molar-refractivity contribution in [2.24, 2.45) is 5.92 Å². The lowest BCUT2D eigenvalue weighted by Gasteiger charge is -2.20. The molecule has 3 atom stereocenters. The molecule has 2 heterocycles. The Morgan fingerprint density at radius 1 is 1.38 bits per heavy atom. The molecule has 2 aliphatic heterocycles. The summed E-state index contributed by atoms with van der Waals surface area (Å²) < 4.78 is 17.7. The van der Waals surface area contributed by atoms with Gasteiger partial charge in [0, 0.05) is 11.5 Å². The van der Waals surface area contributed by atoms with Crippen molar-refractivity contribution >= 4 is 6.08 Å². The number of hydrogen-bond donors (Lipinski definition) is 0. The van der Waals surface area contributed by atoms with Crippen LogP contribution in [-0.2, 0) is 4.74 Å². The average Bonchev–Trinajstić information content (AvgIpc) is 3.08. The molecule has 2 bridgehead atoms. The summed E-state index contributed by atoms with van der Waals surface area (Å²) in [6, 6.07) is 5.91. The maximum atomic E-state index is 6.03. The molecule has 3 rings (SSSR count). The number of para-hydroxylation sites is 1. The molecule has 0 saturated carbocycles. The Kier molecular flexibility index (Phi) is 4.02. The van der Waals surface area contributed by atoms with Gasteiger partial charge in [0.15, 0.2) is 11.5 Å². The van der Waals surface area contributed by atoms with Crippen LogP contribution in [0.3, 0.4) is 0 Å². The molecule has 3 unspecified atom stereocenters. The lowest BCUT2D eigenvalue weighted by molar-refractivity contribution is 0.0972. The first-order chi connectivity index (χ1) is 10.2. The molecule has 1 fully saturated rings. The van der Waals surface area contributed by atoms with E-state index >= 15 is 0 Å². The van der Waals surface area contributed by atoms with E-state index in [0.717, 1.165) is 23.5 Å². The molecule has 0 amide bonds. The van der Waals surface area contributed by atoms with Crippen molar-refractivity contribution in [3.8, 4) is 11.5 Å². The molecule has 21 heavy (non-hydrogen) atoms. The van der Waals surface area contributed by atoms with Crippen LogP contribution in [0.1, 0.15) is 25.8 Å². The molecule has 1 aromatic rings. The zero-order valence-electron chi connectivity index (χ0n) is 12.6. The van der Waals surface area contributed by atoms with Crippen LogP contribution in [0.2, 0.25) is 0 Å². The minimum Gasteiger partial charge on any atom is -0.489 e. The minimum atomic E-state index is 0.0993. The van der Waals surface area contributed by atoms with Gasteiger partial charge < -0.3 is 14.2 Å². The first-order valence-electron chi connectivity index (χ1n) is 7.56. The molecule has 0 spiro atoms. The van der Waals surface area contributed by atoms with E-state index in [2.05, 4.69) is 18.7 Å². The van der Waals surface area contributed by atoms with E-state index in [1.54, 1.807) is 6.08 Å². The van der Waals surface area contributed by atoms with E-state index in [-0.39, 0.29) is 18.3 Å². The zero-order chi connectivity index (χ0) is 14.8. The predicted octanol–water partition coefficient (Wildman–Crippen LogP) is 3.84. The molecular weight excluding hydrogens is 264 g/mol. The molecule has 1 saturated heterocycles. The Balaban J connectivity index is 1.72. The highest BCUT2D eigenvalue weighted by molar-refractivity contribution is 5.61. The molecular formula is C18H22O3. The van der Waals surface area contributed by atoms with Crippen LogP contribution in [0, 0.1) is 5.92 Å². The maximum absolute atomic E-state index is 6.03. The quantitative estimate of drug-likeness (QED) is 0.744. The molecule has 2 aliphatic rings. The fourth-order valence-corrected chi connectivity index (χ4v) is 2.89. The van der Waals surface area contributed by atoms with Crippen molar-refractivity contribution in [1.29, 1.82) is 0 Å². The van der Waals surface area contributed by atoms with E-state index in [9.17, 15) is 0 Å². The van der Waals surface area contributed by atoms with Gasteiger partial charge in [-0.1, -0.05) is 36.9 Å². The van der Waals surface area contributed by atoms with E-state index in [1.165, 1.54) is 0 Å². The van der Waals surface area contributed by atoms with E-state index < -0.39 is 0 Å². The van der Waals surface area contributed by atoms with Gasteiger partial charge in [0.1, 0.15) is 0 Å². The molecule has 0 radical (unpaired) electrons. The van der Waals surface area contributed by atoms with Crippen molar-refractivity contribution in [3.05, 3.63) is 42.5 Å². The largest absolute Gasteiger partial charge is 0.489 e. The summed E-state index contributed by atoms with van der Waals surface area (Å²) in [4.78, 5) is 0. The fourth-order valence-electron chi connectivity index (χ4n) is 2.89. The monoisotopic (exact) mass is 286 g/mol. The maximum Gasteiger partial charge on any atom is 0.168 e. The Labute approximate surface area is 126 Å². The van der Waals surface area contributed by atoms with Crippen molar-refractivity contribution in [2.45, 2.75) is 38.6 Å². The van der Waals surface area contributed by atoms with Gasteiger partial charge in [-0.25, -0.2) is 0 Å². The number of ether oxygens (including phenoxy) is 3. The second kappa shape index (κ2) is 5.94. The summed E-state index contributed by atoms with van der Waals surface area (Å²) in [5.41, 5.74) is 0.963. The topological polar surface area (TPSA) is 27.7 Å². The highest BCUT2D eigenvalue weighted by atomic mass is 16.5. The summed E-state index contributed by atoms with van der Waals surface area (Å²) in [7, 11) is 0. The second-order valence-corrected chi connectivity index (χ2v) is 5.88. The molecule has 0 N–H and O–H groups in total. The highest BCUT2D eigenvalue weighted by Gasteiger charge is 2.37. The van der Waals surface area contributed by atoms with Gasteiger partial charge in [-0.2, -0.15) is 0 Å². The van der Waals surface area contributed by atoms with Crippen molar-refractivity contribution < 1.29 is 14.2 Å². The smallest absolute Gasteiger partial charge is 0.168 e. The van der Waals surface area contributed by atoms with E-state index in [4.69, 9.17) is 14.2 Å². The number of hydrogen-bond acceptors (Lipinski definition) is 3. The Morgan fingerprint density at radius 2 is 2.24 bits per heavy atom. The van der Waals surface area contributed by atoms with Crippen LogP contribution in [0.4, 0.5) is 0 Å². The predicted molar refractivity (Wildman–Crippen MR) is 83.7 cm³/mol. The van der Waals surface area contributed by atoms with Crippen molar-refractivity contribution in [2.75, 3.05) is 6.61 Å². The van der Waals surface area contributed by atoms with Gasteiger partial charge in [-0.3, -0.25) is 0 Å². The van der Waals surface area contributed by atoms with Crippen LogP contribution in [0.25, 0.3) is 6.08 Å². The summed E-state index contributed by atoms with van der Waals surface area (Å²) in [5, 5.41) is 0. The molecule has 1 aromatic carbocycles. The van der Waals surface area contributed by atoms with E-state index in [0.29, 0.717) is 12.5 Å². The molecule has 112 valence electrons. The van der Waals surface area contributed by atoms with Gasteiger partial charge >= 0.3 is 0 Å². The number of rotatable bonds is 6. The van der Waals surface area contributed by atoms with Crippen molar-refractivity contribution in [1.82, 2.24) is 0 Å². The standard InChI is InChI=1S/C18H22O3/c1-4-13-6-5-7-17(18(13)20-12(2)3)19-11-14-10-15-8-9-16(14)21-15/h4-9,12,14-16H,1,10-11H2,2-3H3. The minimum absolute atomic E-state index is 0.0993. The van der Waals surface area contributed by atoms with Crippen LogP contribution in [0.15, 0.2) is 36.9 Å².